The highest BCUT2D eigenvalue weighted by molar-refractivity contribution is 5.66. The van der Waals surface area contributed by atoms with E-state index in [0.717, 1.165) is 25.7 Å². The number of carboxylic acid groups (broad SMARTS) is 1. The molecule has 0 saturated carbocycles. The van der Waals surface area contributed by atoms with Gasteiger partial charge in [-0.1, -0.05) is 79.8 Å². The normalized spacial score (nSPS) is 21.2. The Bertz CT molecular complexity index is 535. The number of aliphatic carboxylic acids is 1. The summed E-state index contributed by atoms with van der Waals surface area (Å²) in [6.45, 7) is 2.14. The number of rotatable bonds is 13. The third-order valence-corrected chi connectivity index (χ3v) is 3.57. The van der Waals surface area contributed by atoms with Gasteiger partial charge in [-0.2, -0.15) is 0 Å². The molecule has 0 radical (unpaired) electrons. The molecule has 0 aromatic rings. The van der Waals surface area contributed by atoms with Gasteiger partial charge in [0.15, 0.2) is 0 Å². The summed E-state index contributed by atoms with van der Waals surface area (Å²) in [6, 6.07) is 0. The number of epoxide rings is 1. The Hall–Kier alpha value is -2.13. The van der Waals surface area contributed by atoms with Crippen LogP contribution < -0.4 is 0 Å². The predicted octanol–water partition coefficient (Wildman–Crippen LogP) is 5.54. The lowest BCUT2D eigenvalue weighted by Gasteiger charge is -1.86. The molecule has 2 atom stereocenters. The number of hydrogen-bond donors (Lipinski definition) is 1. The van der Waals surface area contributed by atoms with Crippen LogP contribution in [0.5, 0.6) is 0 Å². The summed E-state index contributed by atoms with van der Waals surface area (Å²) in [5, 5.41) is 8.50. The average Bonchev–Trinajstić information content (AvgIpc) is 3.33. The third-order valence-electron chi connectivity index (χ3n) is 3.57. The Labute approximate surface area is 151 Å². The van der Waals surface area contributed by atoms with Crippen LogP contribution in [0.15, 0.2) is 72.9 Å². The Morgan fingerprint density at radius 1 is 0.920 bits per heavy atom. The summed E-state index contributed by atoms with van der Waals surface area (Å²) in [5.74, 6) is -0.748. The predicted molar refractivity (Wildman–Crippen MR) is 105 cm³/mol. The smallest absolute Gasteiger partial charge is 0.303 e. The first-order valence-electron chi connectivity index (χ1n) is 9.06. The van der Waals surface area contributed by atoms with Crippen molar-refractivity contribution in [2.75, 3.05) is 0 Å². The van der Waals surface area contributed by atoms with Gasteiger partial charge in [0.1, 0.15) is 6.10 Å². The average molecular weight is 342 g/mol. The monoisotopic (exact) mass is 342 g/mol. The van der Waals surface area contributed by atoms with Gasteiger partial charge >= 0.3 is 5.97 Å². The van der Waals surface area contributed by atoms with Crippen molar-refractivity contribution < 1.29 is 14.6 Å². The van der Waals surface area contributed by atoms with Crippen molar-refractivity contribution in [2.45, 2.75) is 57.7 Å². The quantitative estimate of drug-likeness (QED) is 0.272. The van der Waals surface area contributed by atoms with Crippen LogP contribution in [0.1, 0.15) is 45.4 Å². The van der Waals surface area contributed by atoms with Crippen LogP contribution in [-0.4, -0.2) is 23.3 Å². The van der Waals surface area contributed by atoms with Crippen molar-refractivity contribution in [2.24, 2.45) is 0 Å². The summed E-state index contributed by atoms with van der Waals surface area (Å²) in [5.41, 5.74) is 0. The molecule has 1 heterocycles. The third kappa shape index (κ3) is 12.9. The molecule has 0 amide bonds. The van der Waals surface area contributed by atoms with Gasteiger partial charge in [-0.25, -0.2) is 0 Å². The van der Waals surface area contributed by atoms with Crippen molar-refractivity contribution in [3.63, 3.8) is 0 Å². The van der Waals surface area contributed by atoms with E-state index in [1.54, 1.807) is 0 Å². The summed E-state index contributed by atoms with van der Waals surface area (Å²) in [7, 11) is 0. The molecule has 1 saturated heterocycles. The lowest BCUT2D eigenvalue weighted by atomic mass is 10.2. The molecule has 1 aliphatic heterocycles. The van der Waals surface area contributed by atoms with Crippen molar-refractivity contribution in [1.29, 1.82) is 0 Å². The second-order valence-corrected chi connectivity index (χ2v) is 5.80. The standard InChI is InChI=1S/C22H30O3/c1-2-3-14-17-20-21(25-20)18-15-12-10-8-6-4-5-7-9-11-13-16-19-22(23)24/h3,5-8,10-15,18,20-21H,2,4,9,16-17,19H2,1H3,(H,23,24)/b7-5-,8-6-,12-10+,13-11-,14-3-,18-15+/t20-,21-/m0/s1. The zero-order chi connectivity index (χ0) is 18.2. The Kier molecular flexibility index (Phi) is 11.9. The Morgan fingerprint density at radius 2 is 1.64 bits per heavy atom. The number of ether oxygens (including phenoxy) is 1. The maximum Gasteiger partial charge on any atom is 0.303 e. The van der Waals surface area contributed by atoms with Crippen molar-refractivity contribution in [3.8, 4) is 0 Å². The molecule has 3 heteroatoms. The summed E-state index contributed by atoms with van der Waals surface area (Å²) in [4.78, 5) is 10.3. The minimum Gasteiger partial charge on any atom is -0.481 e. The van der Waals surface area contributed by atoms with Gasteiger partial charge in [0.25, 0.3) is 0 Å². The zero-order valence-corrected chi connectivity index (χ0v) is 15.1. The summed E-state index contributed by atoms with van der Waals surface area (Å²) < 4.78 is 5.55. The molecule has 0 aliphatic carbocycles. The minimum atomic E-state index is -0.748. The van der Waals surface area contributed by atoms with Gasteiger partial charge in [-0.05, 0) is 32.1 Å². The van der Waals surface area contributed by atoms with E-state index < -0.39 is 5.97 Å². The van der Waals surface area contributed by atoms with E-state index in [-0.39, 0.29) is 12.5 Å². The lowest BCUT2D eigenvalue weighted by molar-refractivity contribution is -0.136. The fraction of sp³-hybridized carbons (Fsp3) is 0.409. The van der Waals surface area contributed by atoms with Crippen LogP contribution in [-0.2, 0) is 9.53 Å². The van der Waals surface area contributed by atoms with E-state index in [0.29, 0.717) is 12.5 Å². The van der Waals surface area contributed by atoms with E-state index >= 15 is 0 Å². The van der Waals surface area contributed by atoms with Crippen LogP contribution in [0.25, 0.3) is 0 Å². The highest BCUT2D eigenvalue weighted by atomic mass is 16.6. The molecule has 0 bridgehead atoms. The van der Waals surface area contributed by atoms with Gasteiger partial charge in [0.05, 0.1) is 6.10 Å². The van der Waals surface area contributed by atoms with Gasteiger partial charge in [0.2, 0.25) is 0 Å². The molecule has 1 fully saturated rings. The summed E-state index contributed by atoms with van der Waals surface area (Å²) >= 11 is 0. The first kappa shape index (κ1) is 20.9. The second kappa shape index (κ2) is 14.2. The molecule has 1 N–H and O–H groups in total. The number of allylic oxidation sites excluding steroid dienone is 10. The van der Waals surface area contributed by atoms with Gasteiger partial charge in [-0.3, -0.25) is 4.79 Å². The fourth-order valence-corrected chi connectivity index (χ4v) is 2.14. The maximum absolute atomic E-state index is 10.3. The van der Waals surface area contributed by atoms with Crippen molar-refractivity contribution >= 4 is 5.97 Å². The van der Waals surface area contributed by atoms with Crippen LogP contribution in [0.2, 0.25) is 0 Å². The molecule has 1 rings (SSSR count). The highest BCUT2D eigenvalue weighted by Crippen LogP contribution is 2.26. The maximum atomic E-state index is 10.3. The van der Waals surface area contributed by atoms with Gasteiger partial charge in [-0.15, -0.1) is 0 Å². The van der Waals surface area contributed by atoms with Crippen LogP contribution in [0.4, 0.5) is 0 Å². The second-order valence-electron chi connectivity index (χ2n) is 5.80. The molecule has 0 spiro atoms. The van der Waals surface area contributed by atoms with Crippen LogP contribution >= 0.6 is 0 Å². The number of carboxylic acids is 1. The molecular formula is C22H30O3. The summed E-state index contributed by atoms with van der Waals surface area (Å²) in [6.07, 6.45) is 30.1. The topological polar surface area (TPSA) is 49.8 Å². The fourth-order valence-electron chi connectivity index (χ4n) is 2.14. The van der Waals surface area contributed by atoms with E-state index in [2.05, 4.69) is 43.4 Å². The van der Waals surface area contributed by atoms with Gasteiger partial charge in [0, 0.05) is 6.42 Å². The Morgan fingerprint density at radius 3 is 2.40 bits per heavy atom. The molecule has 25 heavy (non-hydrogen) atoms. The van der Waals surface area contributed by atoms with E-state index in [1.165, 1.54) is 0 Å². The molecule has 0 unspecified atom stereocenters. The Balaban J connectivity index is 2.01. The van der Waals surface area contributed by atoms with E-state index in [9.17, 15) is 4.79 Å². The molecular weight excluding hydrogens is 312 g/mol. The highest BCUT2D eigenvalue weighted by Gasteiger charge is 2.34. The molecule has 1 aliphatic rings. The SMILES string of the molecule is CC/C=C\C[C@@H]1O[C@H]1/C=C/C=C/C=C\C/C=C\C/C=C\CCC(=O)O. The number of carbonyl (C=O) groups is 1. The van der Waals surface area contributed by atoms with Crippen molar-refractivity contribution in [3.05, 3.63) is 72.9 Å². The molecule has 136 valence electrons. The zero-order valence-electron chi connectivity index (χ0n) is 15.1. The van der Waals surface area contributed by atoms with Crippen LogP contribution in [0.3, 0.4) is 0 Å². The minimum absolute atomic E-state index is 0.202. The van der Waals surface area contributed by atoms with Crippen LogP contribution in [0, 0.1) is 0 Å². The number of hydrogen-bond acceptors (Lipinski definition) is 2. The largest absolute Gasteiger partial charge is 0.481 e. The first-order valence-corrected chi connectivity index (χ1v) is 9.06. The van der Waals surface area contributed by atoms with E-state index in [1.807, 2.05) is 36.5 Å². The first-order chi connectivity index (χ1) is 12.2. The molecule has 3 nitrogen and oxygen atoms in total. The molecule has 0 aromatic heterocycles. The lowest BCUT2D eigenvalue weighted by Crippen LogP contribution is -1.91. The van der Waals surface area contributed by atoms with Crippen molar-refractivity contribution in [1.82, 2.24) is 0 Å². The van der Waals surface area contributed by atoms with Gasteiger partial charge < -0.3 is 9.84 Å². The van der Waals surface area contributed by atoms with E-state index in [4.69, 9.17) is 9.84 Å². The molecule has 0 aromatic carbocycles.